The van der Waals surface area contributed by atoms with Crippen LogP contribution in [0.4, 0.5) is 20.4 Å². The standard InChI is InChI=1S/C14H14F2N4O/c1-8(2)18-14-17-6-5-12(20-14)13(21)19-11-4-3-9(15)7-10(11)16/h3-8H,1-2H3,(H,19,21)(H,17,18,20). The number of benzene rings is 1. The number of carbonyl (C=O) groups is 1. The number of hydrogen-bond donors (Lipinski definition) is 2. The van der Waals surface area contributed by atoms with Crippen molar-refractivity contribution in [2.75, 3.05) is 10.6 Å². The number of carbonyl (C=O) groups excluding carboxylic acids is 1. The van der Waals surface area contributed by atoms with Crippen molar-refractivity contribution in [3.8, 4) is 0 Å². The van der Waals surface area contributed by atoms with Crippen LogP contribution in [-0.2, 0) is 0 Å². The molecule has 2 N–H and O–H groups in total. The summed E-state index contributed by atoms with van der Waals surface area (Å²) in [4.78, 5) is 20.0. The van der Waals surface area contributed by atoms with E-state index in [4.69, 9.17) is 0 Å². The van der Waals surface area contributed by atoms with Gasteiger partial charge in [0.05, 0.1) is 5.69 Å². The Morgan fingerprint density at radius 2 is 2.00 bits per heavy atom. The average molecular weight is 292 g/mol. The van der Waals surface area contributed by atoms with Gasteiger partial charge in [0.1, 0.15) is 17.3 Å². The molecule has 0 aliphatic carbocycles. The quantitative estimate of drug-likeness (QED) is 0.909. The lowest BCUT2D eigenvalue weighted by molar-refractivity contribution is 0.102. The Hall–Kier alpha value is -2.57. The molecule has 0 fully saturated rings. The Bertz CT molecular complexity index is 661. The van der Waals surface area contributed by atoms with E-state index in [0.717, 1.165) is 12.1 Å². The van der Waals surface area contributed by atoms with Crippen molar-refractivity contribution in [1.82, 2.24) is 9.97 Å². The predicted molar refractivity (Wildman–Crippen MR) is 75.1 cm³/mol. The number of nitrogens with zero attached hydrogens (tertiary/aromatic N) is 2. The van der Waals surface area contributed by atoms with Crippen molar-refractivity contribution in [3.05, 3.63) is 47.8 Å². The van der Waals surface area contributed by atoms with Gasteiger partial charge < -0.3 is 10.6 Å². The smallest absolute Gasteiger partial charge is 0.274 e. The Balaban J connectivity index is 2.16. The minimum atomic E-state index is -0.849. The molecule has 0 bridgehead atoms. The van der Waals surface area contributed by atoms with Crippen molar-refractivity contribution in [1.29, 1.82) is 0 Å². The van der Waals surface area contributed by atoms with Gasteiger partial charge in [-0.3, -0.25) is 4.79 Å². The molecule has 0 aliphatic rings. The third-order valence-corrected chi connectivity index (χ3v) is 2.49. The summed E-state index contributed by atoms with van der Waals surface area (Å²) in [6, 6.07) is 4.42. The Morgan fingerprint density at radius 1 is 1.24 bits per heavy atom. The fourth-order valence-electron chi connectivity index (χ4n) is 1.59. The number of anilines is 2. The van der Waals surface area contributed by atoms with E-state index in [1.165, 1.54) is 12.3 Å². The van der Waals surface area contributed by atoms with Crippen molar-refractivity contribution in [2.45, 2.75) is 19.9 Å². The van der Waals surface area contributed by atoms with Crippen molar-refractivity contribution in [2.24, 2.45) is 0 Å². The monoisotopic (exact) mass is 292 g/mol. The van der Waals surface area contributed by atoms with E-state index in [2.05, 4.69) is 20.6 Å². The average Bonchev–Trinajstić information content (AvgIpc) is 2.41. The van der Waals surface area contributed by atoms with Gasteiger partial charge in [0, 0.05) is 18.3 Å². The summed E-state index contributed by atoms with van der Waals surface area (Å²) in [5.41, 5.74) is -0.0322. The van der Waals surface area contributed by atoms with E-state index >= 15 is 0 Å². The van der Waals surface area contributed by atoms with E-state index in [9.17, 15) is 13.6 Å². The van der Waals surface area contributed by atoms with Crippen LogP contribution in [0.3, 0.4) is 0 Å². The normalized spacial score (nSPS) is 10.5. The highest BCUT2D eigenvalue weighted by Crippen LogP contribution is 2.16. The molecule has 1 aromatic carbocycles. The molecule has 1 heterocycles. The molecule has 7 heteroatoms. The maximum absolute atomic E-state index is 13.5. The van der Waals surface area contributed by atoms with Gasteiger partial charge in [-0.15, -0.1) is 0 Å². The maximum atomic E-state index is 13.5. The van der Waals surface area contributed by atoms with Gasteiger partial charge in [-0.25, -0.2) is 18.7 Å². The minimum Gasteiger partial charge on any atom is -0.352 e. The number of aromatic nitrogens is 2. The van der Waals surface area contributed by atoms with E-state index in [1.807, 2.05) is 13.8 Å². The summed E-state index contributed by atoms with van der Waals surface area (Å²) < 4.78 is 26.3. The van der Waals surface area contributed by atoms with Crippen molar-refractivity contribution >= 4 is 17.5 Å². The maximum Gasteiger partial charge on any atom is 0.274 e. The minimum absolute atomic E-state index is 0.0804. The molecule has 1 amide bonds. The van der Waals surface area contributed by atoms with Crippen molar-refractivity contribution < 1.29 is 13.6 Å². The zero-order valence-corrected chi connectivity index (χ0v) is 11.5. The zero-order chi connectivity index (χ0) is 15.4. The van der Waals surface area contributed by atoms with Gasteiger partial charge in [0.25, 0.3) is 5.91 Å². The first-order chi connectivity index (χ1) is 9.95. The molecule has 0 unspecified atom stereocenters. The van der Waals surface area contributed by atoms with Crippen LogP contribution in [0.2, 0.25) is 0 Å². The summed E-state index contributed by atoms with van der Waals surface area (Å²) in [6.07, 6.45) is 1.42. The first-order valence-electron chi connectivity index (χ1n) is 6.31. The van der Waals surface area contributed by atoms with Gasteiger partial charge in [-0.05, 0) is 32.0 Å². The molecule has 0 saturated carbocycles. The summed E-state index contributed by atoms with van der Waals surface area (Å²) >= 11 is 0. The molecule has 2 aromatic rings. The van der Waals surface area contributed by atoms with Crippen LogP contribution in [0.5, 0.6) is 0 Å². The Labute approximate surface area is 120 Å². The molecular formula is C14H14F2N4O. The van der Waals surface area contributed by atoms with Gasteiger partial charge in [0.15, 0.2) is 0 Å². The Kier molecular flexibility index (Phi) is 4.42. The fourth-order valence-corrected chi connectivity index (χ4v) is 1.59. The molecule has 0 atom stereocenters. The van der Waals surface area contributed by atoms with Crippen LogP contribution in [0.1, 0.15) is 24.3 Å². The molecule has 21 heavy (non-hydrogen) atoms. The second-order valence-electron chi connectivity index (χ2n) is 4.64. The molecule has 2 rings (SSSR count). The number of amides is 1. The molecular weight excluding hydrogens is 278 g/mol. The van der Waals surface area contributed by atoms with E-state index in [1.54, 1.807) is 0 Å². The largest absolute Gasteiger partial charge is 0.352 e. The van der Waals surface area contributed by atoms with Crippen LogP contribution in [0, 0.1) is 11.6 Å². The third kappa shape index (κ3) is 3.95. The number of nitrogens with one attached hydrogen (secondary N) is 2. The van der Waals surface area contributed by atoms with Crippen LogP contribution in [0.25, 0.3) is 0 Å². The number of halogens is 2. The molecule has 0 radical (unpaired) electrons. The van der Waals surface area contributed by atoms with Gasteiger partial charge >= 0.3 is 0 Å². The highest BCUT2D eigenvalue weighted by Gasteiger charge is 2.12. The first kappa shape index (κ1) is 14.8. The fraction of sp³-hybridized carbons (Fsp3) is 0.214. The lowest BCUT2D eigenvalue weighted by Gasteiger charge is -2.09. The second-order valence-corrected chi connectivity index (χ2v) is 4.64. The highest BCUT2D eigenvalue weighted by atomic mass is 19.1. The summed E-state index contributed by atoms with van der Waals surface area (Å²) in [6.45, 7) is 3.81. The lowest BCUT2D eigenvalue weighted by atomic mass is 10.3. The molecule has 1 aromatic heterocycles. The number of hydrogen-bond acceptors (Lipinski definition) is 4. The summed E-state index contributed by atoms with van der Waals surface area (Å²) in [5, 5.41) is 5.29. The zero-order valence-electron chi connectivity index (χ0n) is 11.5. The topological polar surface area (TPSA) is 66.9 Å². The first-order valence-corrected chi connectivity index (χ1v) is 6.31. The lowest BCUT2D eigenvalue weighted by Crippen LogP contribution is -2.18. The van der Waals surface area contributed by atoms with Crippen LogP contribution >= 0.6 is 0 Å². The van der Waals surface area contributed by atoms with Crippen molar-refractivity contribution in [3.63, 3.8) is 0 Å². The molecule has 110 valence electrons. The molecule has 0 aliphatic heterocycles. The van der Waals surface area contributed by atoms with Gasteiger partial charge in [-0.2, -0.15) is 0 Å². The predicted octanol–water partition coefficient (Wildman–Crippen LogP) is 2.83. The third-order valence-electron chi connectivity index (χ3n) is 2.49. The summed E-state index contributed by atoms with van der Waals surface area (Å²) in [5.74, 6) is -1.86. The van der Waals surface area contributed by atoms with E-state index < -0.39 is 17.5 Å². The van der Waals surface area contributed by atoms with E-state index in [0.29, 0.717) is 12.0 Å². The Morgan fingerprint density at radius 3 is 2.67 bits per heavy atom. The SMILES string of the molecule is CC(C)Nc1nccc(C(=O)Nc2ccc(F)cc2F)n1. The van der Waals surface area contributed by atoms with E-state index in [-0.39, 0.29) is 17.4 Å². The second kappa shape index (κ2) is 6.25. The summed E-state index contributed by atoms with van der Waals surface area (Å²) in [7, 11) is 0. The highest BCUT2D eigenvalue weighted by molar-refractivity contribution is 6.03. The van der Waals surface area contributed by atoms with Gasteiger partial charge in [-0.1, -0.05) is 0 Å². The van der Waals surface area contributed by atoms with Crippen LogP contribution < -0.4 is 10.6 Å². The molecule has 0 spiro atoms. The number of rotatable bonds is 4. The van der Waals surface area contributed by atoms with Gasteiger partial charge in [0.2, 0.25) is 5.95 Å². The van der Waals surface area contributed by atoms with Crippen LogP contribution in [-0.4, -0.2) is 21.9 Å². The molecule has 0 saturated heterocycles. The molecule has 5 nitrogen and oxygen atoms in total. The van der Waals surface area contributed by atoms with Crippen LogP contribution in [0.15, 0.2) is 30.5 Å².